The summed E-state index contributed by atoms with van der Waals surface area (Å²) in [7, 11) is 1.97. The normalized spacial score (nSPS) is 19.0. The van der Waals surface area contributed by atoms with E-state index in [1.54, 1.807) is 0 Å². The molecule has 0 aromatic carbocycles. The maximum absolute atomic E-state index is 4.19. The zero-order valence-electron chi connectivity index (χ0n) is 11.7. The van der Waals surface area contributed by atoms with E-state index in [9.17, 15) is 0 Å². The number of aromatic nitrogens is 2. The maximum atomic E-state index is 4.19. The van der Waals surface area contributed by atoms with E-state index in [0.29, 0.717) is 6.04 Å². The van der Waals surface area contributed by atoms with Crippen LogP contribution in [0.15, 0.2) is 12.4 Å². The van der Waals surface area contributed by atoms with Crippen LogP contribution in [0.5, 0.6) is 0 Å². The van der Waals surface area contributed by atoms with Crippen LogP contribution in [0.3, 0.4) is 0 Å². The Morgan fingerprint density at radius 1 is 1.33 bits per heavy atom. The quantitative estimate of drug-likeness (QED) is 0.829. The van der Waals surface area contributed by atoms with Gasteiger partial charge in [-0.25, -0.2) is 0 Å². The molecule has 0 amide bonds. The number of aryl methyl sites for hydroxylation is 1. The van der Waals surface area contributed by atoms with Gasteiger partial charge in [0.2, 0.25) is 0 Å². The molecular weight excluding hydrogens is 224 g/mol. The Morgan fingerprint density at radius 2 is 2.11 bits per heavy atom. The molecule has 2 heterocycles. The van der Waals surface area contributed by atoms with Crippen LogP contribution in [0, 0.1) is 0 Å². The SMILES string of the molecule is CC(CN1CCCCC1)NCCc1cnn(C)c1. The number of rotatable bonds is 6. The predicted octanol–water partition coefficient (Wildman–Crippen LogP) is 1.43. The van der Waals surface area contributed by atoms with Crippen molar-refractivity contribution in [3.63, 3.8) is 0 Å². The first-order valence-electron chi connectivity index (χ1n) is 7.17. The van der Waals surface area contributed by atoms with Crippen molar-refractivity contribution < 1.29 is 0 Å². The van der Waals surface area contributed by atoms with Gasteiger partial charge in [-0.3, -0.25) is 4.68 Å². The molecule has 1 aliphatic heterocycles. The fourth-order valence-electron chi connectivity index (χ4n) is 2.66. The Kier molecular flexibility index (Phi) is 5.20. The highest BCUT2D eigenvalue weighted by Crippen LogP contribution is 2.08. The lowest BCUT2D eigenvalue weighted by molar-refractivity contribution is 0.209. The van der Waals surface area contributed by atoms with Crippen molar-refractivity contribution in [2.45, 2.75) is 38.6 Å². The van der Waals surface area contributed by atoms with Crippen molar-refractivity contribution in [1.29, 1.82) is 0 Å². The third kappa shape index (κ3) is 4.42. The van der Waals surface area contributed by atoms with Gasteiger partial charge in [-0.05, 0) is 51.4 Å². The van der Waals surface area contributed by atoms with E-state index < -0.39 is 0 Å². The summed E-state index contributed by atoms with van der Waals surface area (Å²) >= 11 is 0. The molecule has 1 unspecified atom stereocenters. The summed E-state index contributed by atoms with van der Waals surface area (Å²) in [6.45, 7) is 7.09. The van der Waals surface area contributed by atoms with Crippen molar-refractivity contribution in [1.82, 2.24) is 20.0 Å². The maximum Gasteiger partial charge on any atom is 0.0522 e. The van der Waals surface area contributed by atoms with Crippen LogP contribution in [0.4, 0.5) is 0 Å². The van der Waals surface area contributed by atoms with Crippen LogP contribution in [0.2, 0.25) is 0 Å². The topological polar surface area (TPSA) is 33.1 Å². The van der Waals surface area contributed by atoms with Crippen LogP contribution in [-0.2, 0) is 13.5 Å². The van der Waals surface area contributed by atoms with Crippen molar-refractivity contribution in [2.24, 2.45) is 7.05 Å². The number of piperidine rings is 1. The van der Waals surface area contributed by atoms with E-state index >= 15 is 0 Å². The van der Waals surface area contributed by atoms with Crippen LogP contribution in [0.25, 0.3) is 0 Å². The van der Waals surface area contributed by atoms with Crippen molar-refractivity contribution in [3.8, 4) is 0 Å². The Morgan fingerprint density at radius 3 is 2.78 bits per heavy atom. The Labute approximate surface area is 110 Å². The van der Waals surface area contributed by atoms with E-state index in [-0.39, 0.29) is 0 Å². The first kappa shape index (κ1) is 13.6. The fraction of sp³-hybridized carbons (Fsp3) is 0.786. The number of hydrogen-bond acceptors (Lipinski definition) is 3. The van der Waals surface area contributed by atoms with Gasteiger partial charge in [0.05, 0.1) is 6.20 Å². The third-order valence-electron chi connectivity index (χ3n) is 3.65. The van der Waals surface area contributed by atoms with E-state index in [4.69, 9.17) is 0 Å². The minimum absolute atomic E-state index is 0.583. The zero-order valence-corrected chi connectivity index (χ0v) is 11.7. The molecule has 4 nitrogen and oxygen atoms in total. The summed E-state index contributed by atoms with van der Waals surface area (Å²) in [4.78, 5) is 2.59. The second-order valence-corrected chi connectivity index (χ2v) is 5.49. The van der Waals surface area contributed by atoms with Crippen molar-refractivity contribution >= 4 is 0 Å². The van der Waals surface area contributed by atoms with E-state index in [2.05, 4.69) is 28.4 Å². The van der Waals surface area contributed by atoms with Crippen molar-refractivity contribution in [3.05, 3.63) is 18.0 Å². The summed E-state index contributed by atoms with van der Waals surface area (Å²) in [6.07, 6.45) is 9.29. The molecule has 1 aliphatic rings. The summed E-state index contributed by atoms with van der Waals surface area (Å²) < 4.78 is 1.87. The van der Waals surface area contributed by atoms with Crippen LogP contribution < -0.4 is 5.32 Å². The number of likely N-dealkylation sites (tertiary alicyclic amines) is 1. The standard InChI is InChI=1S/C14H26N4/c1-13(11-18-8-4-3-5-9-18)15-7-6-14-10-16-17(2)12-14/h10,12-13,15H,3-9,11H2,1-2H3. The molecule has 1 aromatic rings. The molecule has 0 bridgehead atoms. The molecule has 0 radical (unpaired) electrons. The molecule has 4 heteroatoms. The first-order chi connectivity index (χ1) is 8.74. The highest BCUT2D eigenvalue weighted by Gasteiger charge is 2.12. The number of nitrogens with one attached hydrogen (secondary N) is 1. The molecule has 0 saturated carbocycles. The predicted molar refractivity (Wildman–Crippen MR) is 74.7 cm³/mol. The number of nitrogens with zero attached hydrogens (tertiary/aromatic N) is 3. The molecule has 1 fully saturated rings. The largest absolute Gasteiger partial charge is 0.313 e. The highest BCUT2D eigenvalue weighted by molar-refractivity contribution is 5.03. The van der Waals surface area contributed by atoms with Gasteiger partial charge in [0.25, 0.3) is 0 Å². The molecule has 0 spiro atoms. The minimum atomic E-state index is 0.583. The lowest BCUT2D eigenvalue weighted by Gasteiger charge is -2.29. The second-order valence-electron chi connectivity index (χ2n) is 5.49. The molecule has 1 aromatic heterocycles. The van der Waals surface area contributed by atoms with Gasteiger partial charge in [0.1, 0.15) is 0 Å². The Balaban J connectivity index is 1.60. The van der Waals surface area contributed by atoms with Gasteiger partial charge in [-0.2, -0.15) is 5.10 Å². The van der Waals surface area contributed by atoms with Gasteiger partial charge in [-0.15, -0.1) is 0 Å². The van der Waals surface area contributed by atoms with Crippen LogP contribution >= 0.6 is 0 Å². The first-order valence-corrected chi connectivity index (χ1v) is 7.17. The molecule has 0 aliphatic carbocycles. The minimum Gasteiger partial charge on any atom is -0.313 e. The molecule has 1 saturated heterocycles. The summed E-state index contributed by atoms with van der Waals surface area (Å²) in [6, 6.07) is 0.583. The van der Waals surface area contributed by atoms with Crippen molar-refractivity contribution in [2.75, 3.05) is 26.2 Å². The Hall–Kier alpha value is -0.870. The average molecular weight is 250 g/mol. The highest BCUT2D eigenvalue weighted by atomic mass is 15.2. The van der Waals surface area contributed by atoms with Gasteiger partial charge in [0.15, 0.2) is 0 Å². The Bertz CT molecular complexity index is 341. The van der Waals surface area contributed by atoms with Gasteiger partial charge in [-0.1, -0.05) is 6.42 Å². The van der Waals surface area contributed by atoms with Crippen LogP contribution in [-0.4, -0.2) is 46.9 Å². The summed E-state index contributed by atoms with van der Waals surface area (Å²) in [5, 5.41) is 7.80. The van der Waals surface area contributed by atoms with Gasteiger partial charge >= 0.3 is 0 Å². The van der Waals surface area contributed by atoms with Gasteiger partial charge in [0, 0.05) is 25.8 Å². The monoisotopic (exact) mass is 250 g/mol. The summed E-state index contributed by atoms with van der Waals surface area (Å²) in [5.41, 5.74) is 1.31. The molecule has 18 heavy (non-hydrogen) atoms. The number of hydrogen-bond donors (Lipinski definition) is 1. The molecular formula is C14H26N4. The van der Waals surface area contributed by atoms with E-state index in [0.717, 1.165) is 13.0 Å². The fourth-order valence-corrected chi connectivity index (χ4v) is 2.66. The zero-order chi connectivity index (χ0) is 12.8. The molecule has 102 valence electrons. The smallest absolute Gasteiger partial charge is 0.0522 e. The lowest BCUT2D eigenvalue weighted by Crippen LogP contribution is -2.42. The lowest BCUT2D eigenvalue weighted by atomic mass is 10.1. The molecule has 1 atom stereocenters. The molecule has 1 N–H and O–H groups in total. The average Bonchev–Trinajstić information content (AvgIpc) is 2.76. The van der Waals surface area contributed by atoms with Gasteiger partial charge < -0.3 is 10.2 Å². The van der Waals surface area contributed by atoms with E-state index in [1.807, 2.05) is 17.9 Å². The van der Waals surface area contributed by atoms with E-state index in [1.165, 1.54) is 44.5 Å². The second kappa shape index (κ2) is 6.90. The van der Waals surface area contributed by atoms with Crippen LogP contribution in [0.1, 0.15) is 31.7 Å². The third-order valence-corrected chi connectivity index (χ3v) is 3.65. The summed E-state index contributed by atoms with van der Waals surface area (Å²) in [5.74, 6) is 0. The molecule has 2 rings (SSSR count).